The molecule has 0 spiro atoms. The van der Waals surface area contributed by atoms with Crippen molar-refractivity contribution in [3.8, 4) is 11.5 Å². The Bertz CT molecular complexity index is 2580. The van der Waals surface area contributed by atoms with Crippen LogP contribution < -0.4 is 30.7 Å². The Labute approximate surface area is 386 Å². The molecule has 0 heterocycles. The Hall–Kier alpha value is -6.28. The molecule has 0 bridgehead atoms. The third-order valence-electron chi connectivity index (χ3n) is 11.9. The summed E-state index contributed by atoms with van der Waals surface area (Å²) in [6, 6.07) is 33.7. The van der Waals surface area contributed by atoms with Crippen LogP contribution in [0.4, 0.5) is 22.0 Å². The molecule has 2 amide bonds. The van der Waals surface area contributed by atoms with Gasteiger partial charge in [-0.05, 0) is 115 Å². The number of hydrogen-bond acceptors (Lipinski definition) is 6. The Morgan fingerprint density at radius 3 is 1.67 bits per heavy atom. The molecule has 0 fully saturated rings. The van der Waals surface area contributed by atoms with E-state index in [1.54, 1.807) is 73.7 Å². The monoisotopic (exact) mass is 926 g/mol. The lowest BCUT2D eigenvalue weighted by Crippen LogP contribution is -2.75. The third-order valence-corrected chi connectivity index (χ3v) is 12.2. The molecule has 0 aromatic heterocycles. The van der Waals surface area contributed by atoms with Gasteiger partial charge in [0.05, 0.1) is 19.8 Å². The molecular formula is C52H52ClF5N4O4. The lowest BCUT2D eigenvalue weighted by molar-refractivity contribution is -0.144. The van der Waals surface area contributed by atoms with Gasteiger partial charge in [-0.25, -0.2) is 8.78 Å². The number of alkyl halides is 3. The van der Waals surface area contributed by atoms with Crippen molar-refractivity contribution in [3.05, 3.63) is 201 Å². The second-order valence-electron chi connectivity index (χ2n) is 16.0. The van der Waals surface area contributed by atoms with Gasteiger partial charge in [0.1, 0.15) is 11.6 Å². The van der Waals surface area contributed by atoms with Crippen LogP contribution in [0.3, 0.4) is 0 Å². The molecule has 4 atom stereocenters. The van der Waals surface area contributed by atoms with E-state index in [9.17, 15) is 13.2 Å². The summed E-state index contributed by atoms with van der Waals surface area (Å²) in [7, 11) is 5.85. The van der Waals surface area contributed by atoms with Crippen LogP contribution in [-0.2, 0) is 39.7 Å². The van der Waals surface area contributed by atoms with Crippen LogP contribution in [0.15, 0.2) is 140 Å². The predicted octanol–water partition coefficient (Wildman–Crippen LogP) is 10.5. The Morgan fingerprint density at radius 1 is 0.606 bits per heavy atom. The van der Waals surface area contributed by atoms with Gasteiger partial charge in [0.2, 0.25) is 11.8 Å². The number of ether oxygens (including phenoxy) is 2. The van der Waals surface area contributed by atoms with Crippen molar-refractivity contribution < 1.29 is 41.0 Å². The number of carbonyl (C=O) groups excluding carboxylic acids is 2. The average Bonchev–Trinajstić information content (AvgIpc) is 3.33. The van der Waals surface area contributed by atoms with Gasteiger partial charge in [0, 0.05) is 36.8 Å². The molecule has 66 heavy (non-hydrogen) atoms. The number of hydrogen-bond donors (Lipinski definition) is 4. The summed E-state index contributed by atoms with van der Waals surface area (Å²) in [4.78, 5) is 31.3. The average molecular weight is 927 g/mol. The summed E-state index contributed by atoms with van der Waals surface area (Å²) < 4.78 is 83.8. The summed E-state index contributed by atoms with van der Waals surface area (Å²) in [5.41, 5.74) is -2.05. The van der Waals surface area contributed by atoms with Gasteiger partial charge >= 0.3 is 6.18 Å². The fourth-order valence-electron chi connectivity index (χ4n) is 8.60. The number of amides is 2. The highest BCUT2D eigenvalue weighted by atomic mass is 35.5. The fourth-order valence-corrected chi connectivity index (χ4v) is 8.72. The van der Waals surface area contributed by atoms with E-state index in [2.05, 4.69) is 21.3 Å². The number of aryl methyl sites for hydroxylation is 3. The minimum atomic E-state index is -4.56. The van der Waals surface area contributed by atoms with Crippen molar-refractivity contribution in [2.24, 2.45) is 0 Å². The maximum atomic E-state index is 16.5. The van der Waals surface area contributed by atoms with Crippen LogP contribution in [0.1, 0.15) is 69.4 Å². The molecule has 6 aromatic carbocycles. The predicted molar refractivity (Wildman–Crippen MR) is 246 cm³/mol. The number of rotatable bonds is 19. The zero-order chi connectivity index (χ0) is 47.6. The lowest BCUT2D eigenvalue weighted by Gasteiger charge is -2.52. The van der Waals surface area contributed by atoms with Crippen molar-refractivity contribution in [2.75, 3.05) is 28.3 Å². The van der Waals surface area contributed by atoms with E-state index in [1.807, 2.05) is 18.2 Å². The van der Waals surface area contributed by atoms with Gasteiger partial charge in [-0.15, -0.1) is 0 Å². The molecule has 0 saturated carbocycles. The SMILES string of the molecule is CNC(=O)[C@@](N[C@@H](CCc1ccc(Cl)cc1)c1ccc(OC)c(OC)c1)(c1ccccc1)[C@@](N[C@@H](CCc1ccc(C(F)(F)F)cc1)c1cc(C)ccc1F)(C(=O)NC)c1ccc(F)cc1. The normalized spacial score (nSPS) is 14.3. The Morgan fingerprint density at radius 2 is 1.12 bits per heavy atom. The summed E-state index contributed by atoms with van der Waals surface area (Å²) in [6.07, 6.45) is -3.67. The van der Waals surface area contributed by atoms with Crippen LogP contribution in [0.25, 0.3) is 0 Å². The fraction of sp³-hybridized carbons (Fsp3) is 0.269. The van der Waals surface area contributed by atoms with Crippen molar-refractivity contribution >= 4 is 23.4 Å². The molecular weight excluding hydrogens is 875 g/mol. The number of halogens is 6. The maximum Gasteiger partial charge on any atom is 0.416 e. The summed E-state index contributed by atoms with van der Waals surface area (Å²) in [5.74, 6) is -1.88. The number of methoxy groups -OCH3 is 2. The molecule has 346 valence electrons. The van der Waals surface area contributed by atoms with Crippen molar-refractivity contribution in [1.82, 2.24) is 21.3 Å². The summed E-state index contributed by atoms with van der Waals surface area (Å²) >= 11 is 6.27. The van der Waals surface area contributed by atoms with E-state index in [0.29, 0.717) is 51.6 Å². The van der Waals surface area contributed by atoms with E-state index < -0.39 is 58.4 Å². The third kappa shape index (κ3) is 10.5. The summed E-state index contributed by atoms with van der Waals surface area (Å²) in [6.45, 7) is 1.77. The highest BCUT2D eigenvalue weighted by molar-refractivity contribution is 6.30. The smallest absolute Gasteiger partial charge is 0.416 e. The molecule has 0 aliphatic heterocycles. The van der Waals surface area contributed by atoms with Crippen LogP contribution in [0, 0.1) is 18.6 Å². The first kappa shape index (κ1) is 49.2. The number of carbonyl (C=O) groups is 2. The van der Waals surface area contributed by atoms with Crippen molar-refractivity contribution in [1.29, 1.82) is 0 Å². The minimum absolute atomic E-state index is 0.0139. The summed E-state index contributed by atoms with van der Waals surface area (Å²) in [5, 5.41) is 13.4. The maximum absolute atomic E-state index is 16.5. The van der Waals surface area contributed by atoms with E-state index in [4.69, 9.17) is 21.1 Å². The second-order valence-corrected chi connectivity index (χ2v) is 16.4. The Balaban J connectivity index is 1.67. The molecule has 8 nitrogen and oxygen atoms in total. The topological polar surface area (TPSA) is 101 Å². The first-order chi connectivity index (χ1) is 31.6. The van der Waals surface area contributed by atoms with Crippen molar-refractivity contribution in [2.45, 2.75) is 61.9 Å². The molecule has 14 heteroatoms. The zero-order valence-electron chi connectivity index (χ0n) is 37.2. The van der Waals surface area contributed by atoms with Crippen LogP contribution >= 0.6 is 11.6 Å². The van der Waals surface area contributed by atoms with E-state index in [-0.39, 0.29) is 24.0 Å². The Kier molecular flexibility index (Phi) is 15.9. The molecule has 4 N–H and O–H groups in total. The van der Waals surface area contributed by atoms with Crippen molar-refractivity contribution in [3.63, 3.8) is 0 Å². The molecule has 0 aliphatic rings. The highest BCUT2D eigenvalue weighted by Crippen LogP contribution is 2.47. The number of nitrogens with one attached hydrogen (secondary N) is 4. The van der Waals surface area contributed by atoms with Gasteiger partial charge in [0.25, 0.3) is 0 Å². The first-order valence-corrected chi connectivity index (χ1v) is 21.7. The standard InChI is InChI=1S/C52H52ClF5N4O4/c1-33-11-27-43(55)42(31-33)45(29-17-34-12-19-39(20-13-34)52(56,57)58)62-51(49(64)60-3,38-21-25-41(54)26-22-38)50(48(63)59-2,37-9-7-6-8-10-37)61-44(28-16-35-14-23-40(53)24-15-35)36-18-30-46(65-4)47(32-36)66-5/h6-15,18-27,30-32,44-45,61-62H,16-17,28-29H2,1-5H3,(H,59,63)(H,60,64)/t44-,45-,50-,51-/m0/s1. The second kappa shape index (κ2) is 21.4. The molecule has 0 radical (unpaired) electrons. The highest BCUT2D eigenvalue weighted by Gasteiger charge is 2.64. The van der Waals surface area contributed by atoms with Gasteiger partial charge in [-0.3, -0.25) is 20.2 Å². The van der Waals surface area contributed by atoms with E-state index >= 15 is 18.4 Å². The van der Waals surface area contributed by atoms with Crippen LogP contribution in [-0.4, -0.2) is 40.1 Å². The molecule has 0 unspecified atom stereocenters. The number of benzene rings is 6. The minimum Gasteiger partial charge on any atom is -0.493 e. The van der Waals surface area contributed by atoms with Gasteiger partial charge in [-0.1, -0.05) is 102 Å². The van der Waals surface area contributed by atoms with Gasteiger partial charge in [0.15, 0.2) is 22.6 Å². The molecule has 6 aromatic rings. The zero-order valence-corrected chi connectivity index (χ0v) is 37.9. The van der Waals surface area contributed by atoms with E-state index in [0.717, 1.165) is 17.7 Å². The largest absolute Gasteiger partial charge is 0.493 e. The molecule has 0 aliphatic carbocycles. The lowest BCUT2D eigenvalue weighted by atomic mass is 9.65. The van der Waals surface area contributed by atoms with E-state index in [1.165, 1.54) is 70.8 Å². The first-order valence-electron chi connectivity index (χ1n) is 21.3. The van der Waals surface area contributed by atoms with Crippen LogP contribution in [0.2, 0.25) is 5.02 Å². The quantitative estimate of drug-likeness (QED) is 0.0604. The van der Waals surface area contributed by atoms with Gasteiger partial charge < -0.3 is 20.1 Å². The molecule has 0 saturated heterocycles. The van der Waals surface area contributed by atoms with Gasteiger partial charge in [-0.2, -0.15) is 13.2 Å². The molecule has 6 rings (SSSR count). The van der Waals surface area contributed by atoms with Crippen LogP contribution in [0.5, 0.6) is 11.5 Å². The number of likely N-dealkylation sites (N-methyl/N-ethyl adjacent to an activating group) is 2.